The number of alkyl halides is 2. The van der Waals surface area contributed by atoms with Crippen molar-refractivity contribution in [2.24, 2.45) is 0 Å². The van der Waals surface area contributed by atoms with E-state index in [1.165, 1.54) is 4.90 Å². The number of hydrazine groups is 1. The summed E-state index contributed by atoms with van der Waals surface area (Å²) in [4.78, 5) is 22.7. The molecular weight excluding hydrogens is 404 g/mol. The molecule has 5 rings (SSSR count). The molecule has 31 heavy (non-hydrogen) atoms. The van der Waals surface area contributed by atoms with Crippen molar-refractivity contribution in [2.45, 2.75) is 75.8 Å². The van der Waals surface area contributed by atoms with Gasteiger partial charge < -0.3 is 15.5 Å². The molecule has 8 nitrogen and oxygen atoms in total. The van der Waals surface area contributed by atoms with Crippen molar-refractivity contribution in [1.29, 1.82) is 0 Å². The molecule has 3 aliphatic rings. The Balaban J connectivity index is 1.36. The molecule has 10 heteroatoms. The first-order chi connectivity index (χ1) is 15.0. The van der Waals surface area contributed by atoms with E-state index in [9.17, 15) is 13.6 Å². The minimum absolute atomic E-state index is 0.0657. The number of hydrogen-bond donors (Lipinski definition) is 4. The Morgan fingerprint density at radius 3 is 2.65 bits per heavy atom. The van der Waals surface area contributed by atoms with Crippen molar-refractivity contribution in [3.05, 3.63) is 24.4 Å². The Labute approximate surface area is 179 Å². The van der Waals surface area contributed by atoms with Gasteiger partial charge in [0.25, 0.3) is 5.91 Å². The van der Waals surface area contributed by atoms with Gasteiger partial charge in [0.2, 0.25) is 0 Å². The predicted molar refractivity (Wildman–Crippen MR) is 114 cm³/mol. The zero-order valence-electron chi connectivity index (χ0n) is 17.3. The van der Waals surface area contributed by atoms with E-state index in [2.05, 4.69) is 33.4 Å². The Morgan fingerprint density at radius 2 is 1.97 bits per heavy atom. The summed E-state index contributed by atoms with van der Waals surface area (Å²) in [6, 6.07) is 5.93. The third-order valence-electron chi connectivity index (χ3n) is 6.53. The molecule has 3 fully saturated rings. The summed E-state index contributed by atoms with van der Waals surface area (Å²) >= 11 is 0. The summed E-state index contributed by atoms with van der Waals surface area (Å²) in [5.41, 5.74) is 7.22. The number of fused-ring (bicyclic) bond motifs is 3. The number of anilines is 2. The zero-order valence-corrected chi connectivity index (χ0v) is 17.3. The van der Waals surface area contributed by atoms with Gasteiger partial charge in [-0.15, -0.1) is 0 Å². The molecule has 0 spiro atoms. The molecule has 5 heterocycles. The number of nitrogens with one attached hydrogen (secondary N) is 4. The third-order valence-corrected chi connectivity index (χ3v) is 6.53. The minimum Gasteiger partial charge on any atom is -0.367 e. The molecule has 3 aliphatic heterocycles. The lowest BCUT2D eigenvalue weighted by molar-refractivity contribution is -0.147. The van der Waals surface area contributed by atoms with Crippen LogP contribution < -0.4 is 21.5 Å². The minimum atomic E-state index is -2.94. The number of nitrogens with zero attached hydrogens (tertiary/aromatic N) is 3. The van der Waals surface area contributed by atoms with E-state index in [4.69, 9.17) is 4.98 Å². The highest BCUT2D eigenvalue weighted by atomic mass is 19.3. The fourth-order valence-electron chi connectivity index (χ4n) is 5.21. The molecular formula is C21H27F2N7O. The second kappa shape index (κ2) is 8.16. The Hall–Kier alpha value is -2.59. The summed E-state index contributed by atoms with van der Waals surface area (Å²) < 4.78 is 26.0. The zero-order chi connectivity index (χ0) is 21.5. The normalized spacial score (nSPS) is 30.2. The summed E-state index contributed by atoms with van der Waals surface area (Å²) in [6.45, 7) is 2.11. The Kier molecular flexibility index (Phi) is 5.35. The van der Waals surface area contributed by atoms with Crippen molar-refractivity contribution < 1.29 is 13.6 Å². The molecule has 1 amide bonds. The van der Waals surface area contributed by atoms with Gasteiger partial charge in [-0.25, -0.2) is 10.4 Å². The maximum Gasteiger partial charge on any atom is 0.315 e. The molecule has 2 bridgehead atoms. The molecule has 0 aliphatic carbocycles. The smallest absolute Gasteiger partial charge is 0.315 e. The SMILES string of the molecule is CC1CC(Nc2cc3ncccc3c(NC3C[C@H]4CC[C@@H](C3)N4C(=O)C(F)F)n2)NN1. The van der Waals surface area contributed by atoms with E-state index < -0.39 is 12.3 Å². The molecule has 3 unspecified atom stereocenters. The first kappa shape index (κ1) is 20.3. The topological polar surface area (TPSA) is 94.2 Å². The third kappa shape index (κ3) is 4.01. The number of hydrogen-bond acceptors (Lipinski definition) is 7. The van der Waals surface area contributed by atoms with Crippen LogP contribution in [0.2, 0.25) is 0 Å². The highest BCUT2D eigenvalue weighted by Gasteiger charge is 2.45. The summed E-state index contributed by atoms with van der Waals surface area (Å²) in [6.07, 6.45) is 2.63. The van der Waals surface area contributed by atoms with Crippen molar-refractivity contribution >= 4 is 28.4 Å². The fourth-order valence-corrected chi connectivity index (χ4v) is 5.21. The fraction of sp³-hybridized carbons (Fsp3) is 0.571. The largest absolute Gasteiger partial charge is 0.367 e. The molecule has 0 radical (unpaired) electrons. The molecule has 2 aromatic heterocycles. The van der Waals surface area contributed by atoms with Crippen LogP contribution in [0.25, 0.3) is 10.9 Å². The number of aromatic nitrogens is 2. The standard InChI is InChI=1S/C21H27F2N7O/c1-11-7-18(29-28-11)26-17-10-16-15(3-2-6-24-16)20(27-17)25-12-8-13-4-5-14(9-12)30(13)21(31)19(22)23/h2-3,6,10-14,18-19,28-29H,4-5,7-9H2,1H3,(H2,25,26,27)/t11?,12?,13-,14+,18?. The van der Waals surface area contributed by atoms with Crippen LogP contribution in [0.15, 0.2) is 24.4 Å². The number of pyridine rings is 2. The van der Waals surface area contributed by atoms with E-state index in [-0.39, 0.29) is 24.3 Å². The first-order valence-corrected chi connectivity index (χ1v) is 10.9. The van der Waals surface area contributed by atoms with Crippen LogP contribution in [-0.2, 0) is 4.79 Å². The summed E-state index contributed by atoms with van der Waals surface area (Å²) in [5.74, 6) is 0.414. The lowest BCUT2D eigenvalue weighted by Gasteiger charge is -2.39. The van der Waals surface area contributed by atoms with E-state index in [0.717, 1.165) is 41.8 Å². The lowest BCUT2D eigenvalue weighted by Crippen LogP contribution is -2.51. The van der Waals surface area contributed by atoms with Gasteiger partial charge in [-0.2, -0.15) is 8.78 Å². The van der Waals surface area contributed by atoms with Crippen LogP contribution in [0.3, 0.4) is 0 Å². The van der Waals surface area contributed by atoms with E-state index >= 15 is 0 Å². The molecule has 5 atom stereocenters. The maximum absolute atomic E-state index is 13.0. The molecule has 2 aromatic rings. The predicted octanol–water partition coefficient (Wildman–Crippen LogP) is 2.45. The maximum atomic E-state index is 13.0. The van der Waals surface area contributed by atoms with Crippen LogP contribution in [-0.4, -0.2) is 57.5 Å². The summed E-state index contributed by atoms with van der Waals surface area (Å²) in [5, 5.41) is 7.85. The quantitative estimate of drug-likeness (QED) is 0.578. The number of carbonyl (C=O) groups excluding carboxylic acids is 1. The lowest BCUT2D eigenvalue weighted by atomic mass is 9.97. The van der Waals surface area contributed by atoms with E-state index in [1.54, 1.807) is 6.20 Å². The van der Waals surface area contributed by atoms with Crippen molar-refractivity contribution in [1.82, 2.24) is 25.7 Å². The molecule has 3 saturated heterocycles. The van der Waals surface area contributed by atoms with E-state index in [0.29, 0.717) is 18.9 Å². The Bertz CT molecular complexity index is 960. The number of piperidine rings is 1. The monoisotopic (exact) mass is 431 g/mol. The number of amides is 1. The average Bonchev–Trinajstić information content (AvgIpc) is 3.27. The molecule has 166 valence electrons. The van der Waals surface area contributed by atoms with Gasteiger partial charge in [0.1, 0.15) is 11.6 Å². The Morgan fingerprint density at radius 1 is 1.19 bits per heavy atom. The van der Waals surface area contributed by atoms with Gasteiger partial charge in [0.05, 0.1) is 11.7 Å². The summed E-state index contributed by atoms with van der Waals surface area (Å²) in [7, 11) is 0. The van der Waals surface area contributed by atoms with Gasteiger partial charge in [-0.1, -0.05) is 0 Å². The van der Waals surface area contributed by atoms with Crippen molar-refractivity contribution in [3.63, 3.8) is 0 Å². The van der Waals surface area contributed by atoms with Crippen molar-refractivity contribution in [2.75, 3.05) is 10.6 Å². The highest BCUT2D eigenvalue weighted by Crippen LogP contribution is 2.38. The first-order valence-electron chi connectivity index (χ1n) is 10.9. The molecule has 0 saturated carbocycles. The van der Waals surface area contributed by atoms with Gasteiger partial charge in [0.15, 0.2) is 0 Å². The number of carbonyl (C=O) groups is 1. The van der Waals surface area contributed by atoms with E-state index in [1.807, 2.05) is 18.2 Å². The highest BCUT2D eigenvalue weighted by molar-refractivity contribution is 5.91. The van der Waals surface area contributed by atoms with Crippen molar-refractivity contribution in [3.8, 4) is 0 Å². The average molecular weight is 431 g/mol. The van der Waals surface area contributed by atoms with Crippen LogP contribution in [0.1, 0.15) is 39.0 Å². The second-order valence-corrected chi connectivity index (χ2v) is 8.79. The molecule has 0 aromatic carbocycles. The van der Waals surface area contributed by atoms with Crippen LogP contribution in [0, 0.1) is 0 Å². The number of rotatable bonds is 5. The van der Waals surface area contributed by atoms with Gasteiger partial charge in [-0.3, -0.25) is 15.2 Å². The van der Waals surface area contributed by atoms with Crippen LogP contribution in [0.4, 0.5) is 20.4 Å². The molecule has 4 N–H and O–H groups in total. The van der Waals surface area contributed by atoms with Gasteiger partial charge in [0, 0.05) is 41.8 Å². The van der Waals surface area contributed by atoms with Gasteiger partial charge >= 0.3 is 6.43 Å². The number of halogens is 2. The van der Waals surface area contributed by atoms with Gasteiger partial charge in [-0.05, 0) is 51.2 Å². The van der Waals surface area contributed by atoms with Crippen LogP contribution in [0.5, 0.6) is 0 Å². The van der Waals surface area contributed by atoms with Crippen LogP contribution >= 0.6 is 0 Å². The second-order valence-electron chi connectivity index (χ2n) is 8.79.